The number of hydrogen-bond acceptors (Lipinski definition) is 3. The number of rotatable bonds is 6. The quantitative estimate of drug-likeness (QED) is 0.200. The van der Waals surface area contributed by atoms with Gasteiger partial charge in [-0.1, -0.05) is 50.2 Å². The van der Waals surface area contributed by atoms with Crippen LogP contribution in [-0.4, -0.2) is 12.8 Å². The van der Waals surface area contributed by atoms with Gasteiger partial charge in [-0.25, -0.2) is 0 Å². The molecule has 0 fully saturated rings. The fourth-order valence-electron chi connectivity index (χ4n) is 3.69. The van der Waals surface area contributed by atoms with Crippen LogP contribution in [0.15, 0.2) is 66.7 Å². The van der Waals surface area contributed by atoms with Crippen LogP contribution in [0.25, 0.3) is 32.3 Å². The van der Waals surface area contributed by atoms with Crippen molar-refractivity contribution in [3.05, 3.63) is 72.3 Å². The van der Waals surface area contributed by atoms with Crippen LogP contribution in [0.1, 0.15) is 39.7 Å². The van der Waals surface area contributed by atoms with Crippen LogP contribution in [0, 0.1) is 5.92 Å². The Morgan fingerprint density at radius 3 is 1.97 bits per heavy atom. The van der Waals surface area contributed by atoms with Crippen LogP contribution in [0.5, 0.6) is 0 Å². The van der Waals surface area contributed by atoms with Gasteiger partial charge < -0.3 is 9.47 Å². The summed E-state index contributed by atoms with van der Waals surface area (Å²) in [5.41, 5.74) is 0.483. The zero-order valence-corrected chi connectivity index (χ0v) is 18.1. The predicted molar refractivity (Wildman–Crippen MR) is 123 cm³/mol. The molecule has 0 aliphatic heterocycles. The van der Waals surface area contributed by atoms with E-state index in [0.717, 1.165) is 12.0 Å². The van der Waals surface area contributed by atoms with Gasteiger partial charge in [-0.15, -0.1) is 0 Å². The van der Waals surface area contributed by atoms with E-state index in [-0.39, 0.29) is 18.7 Å². The molecule has 0 saturated heterocycles. The van der Waals surface area contributed by atoms with E-state index >= 15 is 0 Å². The second-order valence-electron chi connectivity index (χ2n) is 8.51. The van der Waals surface area contributed by atoms with Crippen LogP contribution in [0.3, 0.4) is 0 Å². The highest BCUT2D eigenvalue weighted by Gasteiger charge is 2.23. The van der Waals surface area contributed by atoms with Crippen LogP contribution < -0.4 is 0 Å². The fraction of sp³-hybridized carbons (Fsp3) is 0.296. The smallest absolute Gasteiger partial charge is 0.310 e. The normalized spacial score (nSPS) is 13.1. The van der Waals surface area contributed by atoms with E-state index in [1.165, 1.54) is 32.3 Å². The van der Waals surface area contributed by atoms with Crippen molar-refractivity contribution < 1.29 is 14.3 Å². The topological polar surface area (TPSA) is 35.5 Å². The van der Waals surface area contributed by atoms with Crippen molar-refractivity contribution in [2.75, 3.05) is 6.79 Å². The Labute approximate surface area is 177 Å². The van der Waals surface area contributed by atoms with Crippen LogP contribution in [0.2, 0.25) is 0 Å². The molecule has 0 aromatic heterocycles. The summed E-state index contributed by atoms with van der Waals surface area (Å²) in [4.78, 5) is 11.9. The number of carbonyl (C=O) groups is 1. The van der Waals surface area contributed by atoms with Crippen molar-refractivity contribution in [3.63, 3.8) is 0 Å². The van der Waals surface area contributed by atoms with E-state index in [1.54, 1.807) is 0 Å². The van der Waals surface area contributed by atoms with Gasteiger partial charge in [0.2, 0.25) is 0 Å². The van der Waals surface area contributed by atoms with Crippen LogP contribution >= 0.6 is 0 Å². The molecule has 4 aromatic rings. The maximum Gasteiger partial charge on any atom is 0.310 e. The van der Waals surface area contributed by atoms with E-state index in [4.69, 9.17) is 9.47 Å². The largest absolute Gasteiger partial charge is 0.438 e. The summed E-state index contributed by atoms with van der Waals surface area (Å²) >= 11 is 0. The van der Waals surface area contributed by atoms with Crippen molar-refractivity contribution in [2.45, 2.75) is 39.7 Å². The van der Waals surface area contributed by atoms with E-state index < -0.39 is 5.60 Å². The molecule has 1 unspecified atom stereocenters. The second kappa shape index (κ2) is 8.08. The zero-order chi connectivity index (χ0) is 21.3. The van der Waals surface area contributed by atoms with Crippen LogP contribution in [0.4, 0.5) is 0 Å². The molecule has 3 nitrogen and oxygen atoms in total. The molecule has 0 saturated carbocycles. The Morgan fingerprint density at radius 2 is 1.37 bits per heavy atom. The van der Waals surface area contributed by atoms with Gasteiger partial charge in [0.1, 0.15) is 0 Å². The highest BCUT2D eigenvalue weighted by atomic mass is 16.7. The third-order valence-corrected chi connectivity index (χ3v) is 5.99. The molecule has 0 aliphatic rings. The fourth-order valence-corrected chi connectivity index (χ4v) is 3.69. The molecule has 1 atom stereocenters. The molecular formula is C27H28O3. The highest BCUT2D eigenvalue weighted by Crippen LogP contribution is 2.31. The van der Waals surface area contributed by atoms with E-state index in [1.807, 2.05) is 27.7 Å². The van der Waals surface area contributed by atoms with Gasteiger partial charge in [0.15, 0.2) is 6.79 Å². The molecular weight excluding hydrogens is 372 g/mol. The Bertz CT molecular complexity index is 1220. The number of fused-ring (bicyclic) bond motifs is 3. The molecule has 0 N–H and O–H groups in total. The molecule has 4 rings (SSSR count). The maximum absolute atomic E-state index is 11.9. The first-order valence-electron chi connectivity index (χ1n) is 10.5. The summed E-state index contributed by atoms with van der Waals surface area (Å²) in [7, 11) is 0. The van der Waals surface area contributed by atoms with E-state index in [9.17, 15) is 4.79 Å². The average molecular weight is 401 g/mol. The van der Waals surface area contributed by atoms with E-state index in [2.05, 4.69) is 66.7 Å². The highest BCUT2D eigenvalue weighted by molar-refractivity contribution is 6.04. The number of esters is 1. The standard InChI is InChI=1S/C27H28O3/c1-5-18(2)26(28)29-17-30-27(3,4)25-11-10-21-14-22-12-19-8-6-7-9-20(19)13-23(22)15-24(21)16-25/h6-16,18H,5,17H2,1-4H3. The molecule has 0 radical (unpaired) electrons. The number of hydrogen-bond donors (Lipinski definition) is 0. The zero-order valence-electron chi connectivity index (χ0n) is 18.1. The molecule has 0 spiro atoms. The Morgan fingerprint density at radius 1 is 0.833 bits per heavy atom. The molecule has 3 heteroatoms. The van der Waals surface area contributed by atoms with Gasteiger partial charge in [-0.2, -0.15) is 0 Å². The minimum atomic E-state index is -0.567. The van der Waals surface area contributed by atoms with Gasteiger partial charge >= 0.3 is 5.97 Å². The molecule has 0 bridgehead atoms. The van der Waals surface area contributed by atoms with Gasteiger partial charge in [0.25, 0.3) is 0 Å². The molecule has 4 aromatic carbocycles. The lowest BCUT2D eigenvalue weighted by atomic mass is 9.93. The lowest BCUT2D eigenvalue weighted by molar-refractivity contribution is -0.174. The number of carbonyl (C=O) groups excluding carboxylic acids is 1. The van der Waals surface area contributed by atoms with Crippen molar-refractivity contribution in [1.29, 1.82) is 0 Å². The molecule has 0 amide bonds. The predicted octanol–water partition coefficient (Wildman–Crippen LogP) is 6.94. The Balaban J connectivity index is 1.62. The van der Waals surface area contributed by atoms with Gasteiger partial charge in [-0.3, -0.25) is 4.79 Å². The first kappa shape index (κ1) is 20.4. The third kappa shape index (κ3) is 4.03. The summed E-state index contributed by atoms with van der Waals surface area (Å²) in [6.45, 7) is 7.79. The Kier molecular flexibility index (Phi) is 5.48. The summed E-state index contributed by atoms with van der Waals surface area (Å²) in [5.74, 6) is -0.327. The van der Waals surface area contributed by atoms with Gasteiger partial charge in [-0.05, 0) is 88.5 Å². The first-order valence-corrected chi connectivity index (χ1v) is 10.5. The van der Waals surface area contributed by atoms with Gasteiger partial charge in [0.05, 0.1) is 11.5 Å². The lowest BCUT2D eigenvalue weighted by Crippen LogP contribution is -2.25. The molecule has 30 heavy (non-hydrogen) atoms. The van der Waals surface area contributed by atoms with Crippen LogP contribution in [-0.2, 0) is 19.9 Å². The minimum Gasteiger partial charge on any atom is -0.438 e. The maximum atomic E-state index is 11.9. The molecule has 0 aliphatic carbocycles. The molecule has 154 valence electrons. The SMILES string of the molecule is CCC(C)C(=O)OCOC(C)(C)c1ccc2cc3cc4ccccc4cc3cc2c1. The monoisotopic (exact) mass is 400 g/mol. The third-order valence-electron chi connectivity index (χ3n) is 5.99. The first-order chi connectivity index (χ1) is 14.4. The average Bonchev–Trinajstić information content (AvgIpc) is 2.74. The Hall–Kier alpha value is -2.91. The van der Waals surface area contributed by atoms with Crippen molar-refractivity contribution in [3.8, 4) is 0 Å². The van der Waals surface area contributed by atoms with Crippen molar-refractivity contribution in [1.82, 2.24) is 0 Å². The van der Waals surface area contributed by atoms with Crippen molar-refractivity contribution in [2.24, 2.45) is 5.92 Å². The van der Waals surface area contributed by atoms with Crippen molar-refractivity contribution >= 4 is 38.3 Å². The number of benzene rings is 4. The lowest BCUT2D eigenvalue weighted by Gasteiger charge is -2.26. The molecule has 0 heterocycles. The summed E-state index contributed by atoms with van der Waals surface area (Å²) in [6.07, 6.45) is 0.760. The minimum absolute atomic E-state index is 0.0437. The van der Waals surface area contributed by atoms with E-state index in [0.29, 0.717) is 0 Å². The van der Waals surface area contributed by atoms with Gasteiger partial charge in [0, 0.05) is 0 Å². The second-order valence-corrected chi connectivity index (χ2v) is 8.51. The summed E-state index contributed by atoms with van der Waals surface area (Å²) in [5, 5.41) is 7.32. The number of ether oxygens (including phenoxy) is 2. The summed E-state index contributed by atoms with van der Waals surface area (Å²) < 4.78 is 11.2. The summed E-state index contributed by atoms with van der Waals surface area (Å²) in [6, 6.07) is 23.8.